The summed E-state index contributed by atoms with van der Waals surface area (Å²) in [6, 6.07) is 8.08. The third-order valence-corrected chi connectivity index (χ3v) is 5.24. The maximum atomic E-state index is 14.1. The van der Waals surface area contributed by atoms with Crippen LogP contribution in [0.3, 0.4) is 0 Å². The maximum absolute atomic E-state index is 14.1. The Morgan fingerprint density at radius 1 is 1.19 bits per heavy atom. The van der Waals surface area contributed by atoms with E-state index in [-0.39, 0.29) is 37.6 Å². The zero-order chi connectivity index (χ0) is 19.0. The molecular formula is C19H17Cl2FN2O3. The fraction of sp³-hybridized carbons (Fsp3) is 0.316. The van der Waals surface area contributed by atoms with E-state index in [0.29, 0.717) is 32.8 Å². The second-order valence-electron chi connectivity index (χ2n) is 6.57. The Hall–Kier alpha value is -2.02. The number of benzene rings is 2. The van der Waals surface area contributed by atoms with Gasteiger partial charge in [-0.3, -0.25) is 9.69 Å². The molecule has 0 aromatic heterocycles. The maximum Gasteiger partial charge on any atom is 0.238 e. The van der Waals surface area contributed by atoms with Crippen molar-refractivity contribution in [3.8, 4) is 11.5 Å². The second kappa shape index (κ2) is 7.54. The highest BCUT2D eigenvalue weighted by molar-refractivity contribution is 6.34. The third-order valence-electron chi connectivity index (χ3n) is 4.57. The van der Waals surface area contributed by atoms with E-state index in [2.05, 4.69) is 5.32 Å². The van der Waals surface area contributed by atoms with Gasteiger partial charge in [-0.1, -0.05) is 29.3 Å². The molecule has 0 saturated heterocycles. The highest BCUT2D eigenvalue weighted by Gasteiger charge is 2.31. The molecule has 0 bridgehead atoms. The first-order valence-electron chi connectivity index (χ1n) is 8.57. The summed E-state index contributed by atoms with van der Waals surface area (Å²) in [5.74, 6) is 0.473. The summed E-state index contributed by atoms with van der Waals surface area (Å²) in [6.07, 6.45) is 1.95. The van der Waals surface area contributed by atoms with Gasteiger partial charge in [0.05, 0.1) is 17.3 Å². The number of anilines is 1. The van der Waals surface area contributed by atoms with Gasteiger partial charge in [-0.25, -0.2) is 4.39 Å². The lowest BCUT2D eigenvalue weighted by Crippen LogP contribution is -2.35. The van der Waals surface area contributed by atoms with E-state index in [1.54, 1.807) is 24.3 Å². The van der Waals surface area contributed by atoms with Gasteiger partial charge in [0.25, 0.3) is 0 Å². The summed E-state index contributed by atoms with van der Waals surface area (Å²) in [6.45, 7) is 0.514. The minimum atomic E-state index is -0.368. The molecular weight excluding hydrogens is 394 g/mol. The summed E-state index contributed by atoms with van der Waals surface area (Å²) in [4.78, 5) is 14.5. The van der Waals surface area contributed by atoms with E-state index < -0.39 is 0 Å². The number of ether oxygens (including phenoxy) is 2. The molecule has 5 nitrogen and oxygen atoms in total. The van der Waals surface area contributed by atoms with E-state index in [4.69, 9.17) is 32.7 Å². The zero-order valence-corrected chi connectivity index (χ0v) is 15.8. The van der Waals surface area contributed by atoms with Crippen LogP contribution in [0.15, 0.2) is 30.3 Å². The van der Waals surface area contributed by atoms with Crippen LogP contribution in [0.25, 0.3) is 0 Å². The molecule has 0 atom stereocenters. The first-order chi connectivity index (χ1) is 13.0. The lowest BCUT2D eigenvalue weighted by atomic mass is 10.2. The molecule has 2 aromatic rings. The number of hydrogen-bond donors (Lipinski definition) is 1. The Kier molecular flexibility index (Phi) is 5.12. The first-order valence-corrected chi connectivity index (χ1v) is 9.33. The van der Waals surface area contributed by atoms with Crippen molar-refractivity contribution in [2.24, 2.45) is 0 Å². The molecule has 1 fully saturated rings. The van der Waals surface area contributed by atoms with Gasteiger partial charge in [-0.15, -0.1) is 0 Å². The number of fused-ring (bicyclic) bond motifs is 1. The molecule has 1 N–H and O–H groups in total. The van der Waals surface area contributed by atoms with E-state index in [1.165, 1.54) is 6.07 Å². The average Bonchev–Trinajstić information content (AvgIpc) is 3.37. The molecule has 0 radical (unpaired) electrons. The molecule has 27 heavy (non-hydrogen) atoms. The minimum absolute atomic E-state index is 0.111. The number of halogens is 3. The third kappa shape index (κ3) is 4.13. The fourth-order valence-corrected chi connectivity index (χ4v) is 3.45. The van der Waals surface area contributed by atoms with Crippen LogP contribution in [0, 0.1) is 5.82 Å². The molecule has 8 heteroatoms. The van der Waals surface area contributed by atoms with E-state index in [0.717, 1.165) is 12.8 Å². The van der Waals surface area contributed by atoms with Crippen LogP contribution in [0.5, 0.6) is 11.5 Å². The highest BCUT2D eigenvalue weighted by atomic mass is 35.5. The Morgan fingerprint density at radius 2 is 1.93 bits per heavy atom. The molecule has 1 amide bonds. The largest absolute Gasteiger partial charge is 0.454 e. The SMILES string of the molecule is O=C(CN(Cc1c(F)cccc1Cl)C1CC1)Nc1cc2c(cc1Cl)OCO2. The molecule has 1 saturated carbocycles. The Morgan fingerprint density at radius 3 is 2.63 bits per heavy atom. The lowest BCUT2D eigenvalue weighted by molar-refractivity contribution is -0.117. The van der Waals surface area contributed by atoms with Crippen LogP contribution in [0.1, 0.15) is 18.4 Å². The number of hydrogen-bond acceptors (Lipinski definition) is 4. The Balaban J connectivity index is 1.46. The van der Waals surface area contributed by atoms with Crippen molar-refractivity contribution in [2.75, 3.05) is 18.7 Å². The van der Waals surface area contributed by atoms with Crippen molar-refractivity contribution < 1.29 is 18.7 Å². The molecule has 2 aromatic carbocycles. The Labute approximate surface area is 166 Å². The van der Waals surface area contributed by atoms with Gasteiger partial charge in [-0.05, 0) is 25.0 Å². The van der Waals surface area contributed by atoms with Crippen LogP contribution < -0.4 is 14.8 Å². The van der Waals surface area contributed by atoms with Gasteiger partial charge in [0, 0.05) is 35.3 Å². The lowest BCUT2D eigenvalue weighted by Gasteiger charge is -2.22. The summed E-state index contributed by atoms with van der Waals surface area (Å²) < 4.78 is 24.7. The van der Waals surface area contributed by atoms with Gasteiger partial charge < -0.3 is 14.8 Å². The Bertz CT molecular complexity index is 869. The van der Waals surface area contributed by atoms with E-state index in [1.807, 2.05) is 4.90 Å². The summed E-state index contributed by atoms with van der Waals surface area (Å²) in [5, 5.41) is 3.52. The molecule has 0 unspecified atom stereocenters. The highest BCUT2D eigenvalue weighted by Crippen LogP contribution is 2.39. The van der Waals surface area contributed by atoms with Crippen LogP contribution in [-0.4, -0.2) is 30.2 Å². The molecule has 2 aliphatic rings. The number of carbonyl (C=O) groups is 1. The van der Waals surface area contributed by atoms with Crippen LogP contribution in [-0.2, 0) is 11.3 Å². The summed E-state index contributed by atoms with van der Waals surface area (Å²) in [5.41, 5.74) is 0.852. The molecule has 142 valence electrons. The van der Waals surface area contributed by atoms with Crippen molar-refractivity contribution in [2.45, 2.75) is 25.4 Å². The van der Waals surface area contributed by atoms with Crippen LogP contribution >= 0.6 is 23.2 Å². The van der Waals surface area contributed by atoms with E-state index >= 15 is 0 Å². The monoisotopic (exact) mass is 410 g/mol. The fourth-order valence-electron chi connectivity index (χ4n) is 3.03. The van der Waals surface area contributed by atoms with E-state index in [9.17, 15) is 9.18 Å². The molecule has 4 rings (SSSR count). The molecule has 1 aliphatic carbocycles. The van der Waals surface area contributed by atoms with Crippen molar-refractivity contribution in [1.29, 1.82) is 0 Å². The van der Waals surface area contributed by atoms with Gasteiger partial charge in [0.15, 0.2) is 11.5 Å². The molecule has 1 aliphatic heterocycles. The number of nitrogens with zero attached hydrogens (tertiary/aromatic N) is 1. The normalized spacial score (nSPS) is 15.3. The summed E-state index contributed by atoms with van der Waals surface area (Å²) >= 11 is 12.3. The van der Waals surface area contributed by atoms with Crippen molar-refractivity contribution in [1.82, 2.24) is 4.90 Å². The van der Waals surface area contributed by atoms with Gasteiger partial charge >= 0.3 is 0 Å². The second-order valence-corrected chi connectivity index (χ2v) is 7.38. The zero-order valence-electron chi connectivity index (χ0n) is 14.3. The van der Waals surface area contributed by atoms with Gasteiger partial charge in [0.2, 0.25) is 12.7 Å². The van der Waals surface area contributed by atoms with Gasteiger partial charge in [-0.2, -0.15) is 0 Å². The van der Waals surface area contributed by atoms with Gasteiger partial charge in [0.1, 0.15) is 5.82 Å². The van der Waals surface area contributed by atoms with Crippen molar-refractivity contribution in [3.63, 3.8) is 0 Å². The minimum Gasteiger partial charge on any atom is -0.454 e. The van der Waals surface area contributed by atoms with Crippen molar-refractivity contribution in [3.05, 3.63) is 51.8 Å². The predicted octanol–water partition coefficient (Wildman–Crippen LogP) is 4.46. The quantitative estimate of drug-likeness (QED) is 0.763. The summed E-state index contributed by atoms with van der Waals surface area (Å²) in [7, 11) is 0. The van der Waals surface area contributed by atoms with Crippen LogP contribution in [0.4, 0.5) is 10.1 Å². The topological polar surface area (TPSA) is 50.8 Å². The number of amides is 1. The number of rotatable bonds is 6. The smallest absolute Gasteiger partial charge is 0.238 e. The predicted molar refractivity (Wildman–Crippen MR) is 101 cm³/mol. The molecule has 1 heterocycles. The standard InChI is InChI=1S/C19H17Cl2FN2O3/c20-13-2-1-3-15(22)12(13)8-24(11-4-5-11)9-19(25)23-16-7-18-17(6-14(16)21)26-10-27-18/h1-3,6-7,11H,4-5,8-10H2,(H,23,25). The average molecular weight is 411 g/mol. The molecule has 0 spiro atoms. The van der Waals surface area contributed by atoms with Crippen LogP contribution in [0.2, 0.25) is 10.0 Å². The number of nitrogens with one attached hydrogen (secondary N) is 1. The number of carbonyl (C=O) groups excluding carboxylic acids is 1. The first kappa shape index (κ1) is 18.3. The van der Waals surface area contributed by atoms with Crippen molar-refractivity contribution >= 4 is 34.8 Å².